The number of carboxylic acid groups (broad SMARTS) is 1. The highest BCUT2D eigenvalue weighted by Gasteiger charge is 2.54. The van der Waals surface area contributed by atoms with Crippen molar-refractivity contribution in [1.82, 2.24) is 10.6 Å². The standard InChI is InChI=1S/C17H20F2N2O3S/c18-16(19)6-5-11(7-16)17(24,14(22)23)13-4-2-1-3-12(13)10-8-20-15(25)21-9-10/h1-4,10-11,24H,5-9H2,(H,22,23)(H2,20,21,25)/t11-,17-/m1/s1. The highest BCUT2D eigenvalue weighted by molar-refractivity contribution is 7.80. The summed E-state index contributed by atoms with van der Waals surface area (Å²) in [6.45, 7) is 0.971. The van der Waals surface area contributed by atoms with E-state index in [4.69, 9.17) is 12.2 Å². The van der Waals surface area contributed by atoms with Crippen LogP contribution in [0.2, 0.25) is 0 Å². The zero-order chi connectivity index (χ0) is 18.2. The summed E-state index contributed by atoms with van der Waals surface area (Å²) in [5.74, 6) is -5.60. The quantitative estimate of drug-likeness (QED) is 0.607. The molecule has 4 N–H and O–H groups in total. The molecule has 0 amide bonds. The molecule has 0 unspecified atom stereocenters. The number of nitrogens with one attached hydrogen (secondary N) is 2. The maximum absolute atomic E-state index is 13.7. The van der Waals surface area contributed by atoms with Gasteiger partial charge in [-0.05, 0) is 29.8 Å². The van der Waals surface area contributed by atoms with E-state index in [1.54, 1.807) is 18.2 Å². The molecule has 1 aromatic rings. The van der Waals surface area contributed by atoms with Crippen LogP contribution in [0.4, 0.5) is 8.78 Å². The molecule has 1 saturated heterocycles. The third kappa shape index (κ3) is 3.32. The van der Waals surface area contributed by atoms with E-state index in [0.717, 1.165) is 0 Å². The van der Waals surface area contributed by atoms with Gasteiger partial charge in [0, 0.05) is 37.8 Å². The fraction of sp³-hybridized carbons (Fsp3) is 0.529. The van der Waals surface area contributed by atoms with Gasteiger partial charge < -0.3 is 20.8 Å². The summed E-state index contributed by atoms with van der Waals surface area (Å²) in [5.41, 5.74) is -1.52. The third-order valence-corrected chi connectivity index (χ3v) is 5.44. The molecule has 2 aliphatic rings. The van der Waals surface area contributed by atoms with Crippen molar-refractivity contribution in [3.8, 4) is 0 Å². The Balaban J connectivity index is 2.00. The van der Waals surface area contributed by atoms with Gasteiger partial charge in [0.25, 0.3) is 0 Å². The number of carbonyl (C=O) groups is 1. The molecule has 1 aromatic carbocycles. The average molecular weight is 370 g/mol. The Morgan fingerprint density at radius 3 is 2.48 bits per heavy atom. The van der Waals surface area contributed by atoms with Gasteiger partial charge in [-0.25, -0.2) is 13.6 Å². The average Bonchev–Trinajstić information content (AvgIpc) is 2.95. The van der Waals surface area contributed by atoms with Crippen LogP contribution in [0.25, 0.3) is 0 Å². The molecule has 136 valence electrons. The van der Waals surface area contributed by atoms with Crippen molar-refractivity contribution in [3.05, 3.63) is 35.4 Å². The Labute approximate surface area is 149 Å². The largest absolute Gasteiger partial charge is 0.479 e. The van der Waals surface area contributed by atoms with Crippen molar-refractivity contribution in [2.75, 3.05) is 13.1 Å². The minimum absolute atomic E-state index is 0.0324. The van der Waals surface area contributed by atoms with Crippen molar-refractivity contribution >= 4 is 23.3 Å². The van der Waals surface area contributed by atoms with E-state index in [-0.39, 0.29) is 17.9 Å². The van der Waals surface area contributed by atoms with Crippen LogP contribution in [-0.2, 0) is 10.4 Å². The number of benzene rings is 1. The van der Waals surface area contributed by atoms with Gasteiger partial charge in [0.2, 0.25) is 5.92 Å². The zero-order valence-electron chi connectivity index (χ0n) is 13.5. The van der Waals surface area contributed by atoms with Gasteiger partial charge in [0.1, 0.15) is 0 Å². The van der Waals surface area contributed by atoms with Crippen molar-refractivity contribution < 1.29 is 23.8 Å². The molecule has 0 aromatic heterocycles. The Morgan fingerprint density at radius 2 is 1.92 bits per heavy atom. The lowest BCUT2D eigenvalue weighted by molar-refractivity contribution is -0.167. The van der Waals surface area contributed by atoms with Gasteiger partial charge in [0.15, 0.2) is 10.7 Å². The molecule has 8 heteroatoms. The summed E-state index contributed by atoms with van der Waals surface area (Å²) < 4.78 is 27.3. The first-order valence-corrected chi connectivity index (χ1v) is 8.59. The Morgan fingerprint density at radius 1 is 1.28 bits per heavy atom. The van der Waals surface area contributed by atoms with Crippen LogP contribution < -0.4 is 10.6 Å². The Bertz CT molecular complexity index is 690. The van der Waals surface area contributed by atoms with E-state index < -0.39 is 36.3 Å². The molecule has 0 radical (unpaired) electrons. The summed E-state index contributed by atoms with van der Waals surface area (Å²) >= 11 is 5.02. The van der Waals surface area contributed by atoms with E-state index in [2.05, 4.69) is 10.6 Å². The van der Waals surface area contributed by atoms with Crippen LogP contribution in [0.5, 0.6) is 0 Å². The second-order valence-corrected chi connectivity index (χ2v) is 7.15. The summed E-state index contributed by atoms with van der Waals surface area (Å²) in [4.78, 5) is 12.0. The topological polar surface area (TPSA) is 81.6 Å². The van der Waals surface area contributed by atoms with Crippen molar-refractivity contribution in [2.45, 2.75) is 36.7 Å². The second kappa shape index (κ2) is 6.49. The van der Waals surface area contributed by atoms with Gasteiger partial charge >= 0.3 is 5.97 Å². The van der Waals surface area contributed by atoms with Gasteiger partial charge in [0.05, 0.1) is 0 Å². The van der Waals surface area contributed by atoms with Crippen LogP contribution in [0.1, 0.15) is 36.3 Å². The number of rotatable bonds is 4. The van der Waals surface area contributed by atoms with Crippen LogP contribution >= 0.6 is 12.2 Å². The number of carboxylic acids is 1. The number of alkyl halides is 2. The summed E-state index contributed by atoms with van der Waals surface area (Å²) in [6.07, 6.45) is -1.07. The van der Waals surface area contributed by atoms with Gasteiger partial charge in [-0.3, -0.25) is 0 Å². The van der Waals surface area contributed by atoms with Crippen LogP contribution in [0.3, 0.4) is 0 Å². The second-order valence-electron chi connectivity index (χ2n) is 6.74. The minimum atomic E-state index is -2.94. The highest BCUT2D eigenvalue weighted by Crippen LogP contribution is 2.48. The number of aliphatic carboxylic acids is 1. The Kier molecular flexibility index (Phi) is 4.68. The van der Waals surface area contributed by atoms with Crippen LogP contribution in [0.15, 0.2) is 24.3 Å². The van der Waals surface area contributed by atoms with E-state index >= 15 is 0 Å². The van der Waals surface area contributed by atoms with Crippen molar-refractivity contribution in [3.63, 3.8) is 0 Å². The van der Waals surface area contributed by atoms with Crippen molar-refractivity contribution in [1.29, 1.82) is 0 Å². The number of aliphatic hydroxyl groups is 1. The zero-order valence-corrected chi connectivity index (χ0v) is 14.3. The third-order valence-electron chi connectivity index (χ3n) is 5.15. The van der Waals surface area contributed by atoms with E-state index in [9.17, 15) is 23.8 Å². The van der Waals surface area contributed by atoms with Crippen molar-refractivity contribution in [2.24, 2.45) is 5.92 Å². The first-order valence-electron chi connectivity index (χ1n) is 8.19. The van der Waals surface area contributed by atoms with E-state index in [1.165, 1.54) is 6.07 Å². The maximum atomic E-state index is 13.7. The lowest BCUT2D eigenvalue weighted by Gasteiger charge is -2.35. The normalized spacial score (nSPS) is 25.7. The van der Waals surface area contributed by atoms with E-state index in [1.807, 2.05) is 0 Å². The molecule has 0 spiro atoms. The molecule has 1 aliphatic heterocycles. The molecule has 1 saturated carbocycles. The number of thiocarbonyl (C=S) groups is 1. The predicted molar refractivity (Wildman–Crippen MR) is 91.6 cm³/mol. The first-order chi connectivity index (χ1) is 11.7. The molecule has 3 rings (SSSR count). The smallest absolute Gasteiger partial charge is 0.340 e. The first kappa shape index (κ1) is 18.0. The SMILES string of the molecule is O=C(O)[C@](O)(c1ccccc1C1CNC(=S)NC1)[C@@H]1CCC(F)(F)C1. The Hall–Kier alpha value is -1.80. The number of hydrogen-bond donors (Lipinski definition) is 4. The van der Waals surface area contributed by atoms with Crippen LogP contribution in [0, 0.1) is 5.92 Å². The molecule has 0 bridgehead atoms. The summed E-state index contributed by atoms with van der Waals surface area (Å²) in [6, 6.07) is 6.62. The molecule has 2 atom stereocenters. The predicted octanol–water partition coefficient (Wildman–Crippen LogP) is 1.96. The summed E-state index contributed by atoms with van der Waals surface area (Å²) in [7, 11) is 0. The van der Waals surface area contributed by atoms with Crippen LogP contribution in [-0.4, -0.2) is 40.3 Å². The minimum Gasteiger partial charge on any atom is -0.479 e. The molecule has 5 nitrogen and oxygen atoms in total. The number of hydrogen-bond acceptors (Lipinski definition) is 3. The molecule has 25 heavy (non-hydrogen) atoms. The monoisotopic (exact) mass is 370 g/mol. The van der Waals surface area contributed by atoms with E-state index in [0.29, 0.717) is 23.8 Å². The number of halogens is 2. The molecule has 1 aliphatic carbocycles. The lowest BCUT2D eigenvalue weighted by atomic mass is 9.75. The fourth-order valence-electron chi connectivity index (χ4n) is 3.80. The lowest BCUT2D eigenvalue weighted by Crippen LogP contribution is -2.48. The van der Waals surface area contributed by atoms with Gasteiger partial charge in [-0.1, -0.05) is 24.3 Å². The molecule has 1 heterocycles. The molecular weight excluding hydrogens is 350 g/mol. The fourth-order valence-corrected chi connectivity index (χ4v) is 3.97. The summed E-state index contributed by atoms with van der Waals surface area (Å²) in [5, 5.41) is 27.3. The molecular formula is C17H20F2N2O3S. The maximum Gasteiger partial charge on any atom is 0.340 e. The van der Waals surface area contributed by atoms with Gasteiger partial charge in [-0.2, -0.15) is 0 Å². The van der Waals surface area contributed by atoms with Gasteiger partial charge in [-0.15, -0.1) is 0 Å². The highest BCUT2D eigenvalue weighted by atomic mass is 32.1. The molecule has 2 fully saturated rings.